The normalized spacial score (nSPS) is 12.4. The summed E-state index contributed by atoms with van der Waals surface area (Å²) < 4.78 is 13.9. The zero-order valence-corrected chi connectivity index (χ0v) is 12.5. The molecule has 0 aliphatic rings. The summed E-state index contributed by atoms with van der Waals surface area (Å²) in [6, 6.07) is 6.29. The molecular formula is C14H13BrClFN2. The van der Waals surface area contributed by atoms with E-state index >= 15 is 0 Å². The molecule has 1 aromatic heterocycles. The second-order valence-electron chi connectivity index (χ2n) is 4.42. The summed E-state index contributed by atoms with van der Waals surface area (Å²) in [5.41, 5.74) is 8.01. The molecule has 2 N–H and O–H groups in total. The lowest BCUT2D eigenvalue weighted by molar-refractivity contribution is 0.623. The van der Waals surface area contributed by atoms with E-state index < -0.39 is 0 Å². The van der Waals surface area contributed by atoms with Crippen LogP contribution < -0.4 is 5.73 Å². The number of nitrogens with two attached hydrogens (primary N) is 1. The van der Waals surface area contributed by atoms with E-state index in [2.05, 4.69) is 20.9 Å². The molecule has 5 heteroatoms. The van der Waals surface area contributed by atoms with Crippen molar-refractivity contribution < 1.29 is 4.39 Å². The monoisotopic (exact) mass is 342 g/mol. The molecule has 0 radical (unpaired) electrons. The molecular weight excluding hydrogens is 331 g/mol. The van der Waals surface area contributed by atoms with Gasteiger partial charge in [0, 0.05) is 27.9 Å². The van der Waals surface area contributed by atoms with Gasteiger partial charge in [0.25, 0.3) is 0 Å². The molecule has 1 unspecified atom stereocenters. The maximum Gasteiger partial charge on any atom is 0.124 e. The van der Waals surface area contributed by atoms with Crippen molar-refractivity contribution in [3.8, 4) is 0 Å². The van der Waals surface area contributed by atoms with Gasteiger partial charge >= 0.3 is 0 Å². The van der Waals surface area contributed by atoms with Crippen LogP contribution in [0.1, 0.15) is 11.1 Å². The van der Waals surface area contributed by atoms with Crippen LogP contribution in [0.25, 0.3) is 0 Å². The molecule has 100 valence electrons. The molecule has 0 saturated carbocycles. The number of hydrogen-bond acceptors (Lipinski definition) is 2. The molecule has 2 nitrogen and oxygen atoms in total. The highest BCUT2D eigenvalue weighted by Gasteiger charge is 2.09. The average molecular weight is 344 g/mol. The van der Waals surface area contributed by atoms with E-state index in [1.165, 1.54) is 12.1 Å². The summed E-state index contributed by atoms with van der Waals surface area (Å²) in [6.07, 6.45) is 4.81. The van der Waals surface area contributed by atoms with Crippen LogP contribution in [0.3, 0.4) is 0 Å². The zero-order chi connectivity index (χ0) is 13.8. The van der Waals surface area contributed by atoms with Crippen LogP contribution >= 0.6 is 27.5 Å². The first-order chi connectivity index (χ1) is 9.04. The van der Waals surface area contributed by atoms with E-state index in [1.54, 1.807) is 18.5 Å². The van der Waals surface area contributed by atoms with Crippen molar-refractivity contribution in [2.75, 3.05) is 0 Å². The highest BCUT2D eigenvalue weighted by molar-refractivity contribution is 9.10. The van der Waals surface area contributed by atoms with Crippen LogP contribution in [0.4, 0.5) is 4.39 Å². The van der Waals surface area contributed by atoms with Crippen LogP contribution in [-0.2, 0) is 12.8 Å². The van der Waals surface area contributed by atoms with Gasteiger partial charge in [-0.1, -0.05) is 17.7 Å². The Morgan fingerprint density at radius 3 is 2.74 bits per heavy atom. The molecule has 0 amide bonds. The molecule has 1 atom stereocenters. The van der Waals surface area contributed by atoms with Gasteiger partial charge in [0.15, 0.2) is 0 Å². The van der Waals surface area contributed by atoms with Crippen LogP contribution in [0, 0.1) is 5.82 Å². The Balaban J connectivity index is 2.03. The number of nitrogens with zero attached hydrogens (tertiary/aromatic N) is 1. The Bertz CT molecular complexity index is 577. The molecule has 19 heavy (non-hydrogen) atoms. The number of pyridine rings is 1. The third-order valence-corrected chi connectivity index (χ3v) is 3.54. The predicted molar refractivity (Wildman–Crippen MR) is 78.7 cm³/mol. The second kappa shape index (κ2) is 6.46. The van der Waals surface area contributed by atoms with Gasteiger partial charge in [-0.05, 0) is 58.1 Å². The largest absolute Gasteiger partial charge is 0.327 e. The smallest absolute Gasteiger partial charge is 0.124 e. The first-order valence-corrected chi connectivity index (χ1v) is 7.00. The molecule has 0 aliphatic carbocycles. The summed E-state index contributed by atoms with van der Waals surface area (Å²) in [6.45, 7) is 0. The predicted octanol–water partition coefficient (Wildman–Crippen LogP) is 3.75. The van der Waals surface area contributed by atoms with E-state index in [4.69, 9.17) is 17.3 Å². The lowest BCUT2D eigenvalue weighted by Crippen LogP contribution is -2.25. The fraction of sp³-hybridized carbons (Fsp3) is 0.214. The van der Waals surface area contributed by atoms with Crippen LogP contribution in [0.15, 0.2) is 41.1 Å². The van der Waals surface area contributed by atoms with E-state index in [9.17, 15) is 4.39 Å². The van der Waals surface area contributed by atoms with Crippen LogP contribution in [-0.4, -0.2) is 11.0 Å². The molecule has 0 saturated heterocycles. The number of halogens is 3. The third kappa shape index (κ3) is 4.27. The van der Waals surface area contributed by atoms with Crippen molar-refractivity contribution >= 4 is 27.5 Å². The minimum atomic E-state index is -0.335. The number of benzene rings is 1. The fourth-order valence-electron chi connectivity index (χ4n) is 1.91. The second-order valence-corrected chi connectivity index (χ2v) is 5.74. The van der Waals surface area contributed by atoms with Gasteiger partial charge in [0.1, 0.15) is 5.82 Å². The first-order valence-electron chi connectivity index (χ1n) is 5.83. The average Bonchev–Trinajstić information content (AvgIpc) is 2.33. The van der Waals surface area contributed by atoms with Crippen molar-refractivity contribution in [1.82, 2.24) is 4.98 Å². The van der Waals surface area contributed by atoms with Gasteiger partial charge in [-0.25, -0.2) is 4.39 Å². The molecule has 2 rings (SSSR count). The molecule has 2 aromatic rings. The third-order valence-electron chi connectivity index (χ3n) is 2.76. The van der Waals surface area contributed by atoms with Gasteiger partial charge in [-0.3, -0.25) is 4.98 Å². The summed E-state index contributed by atoms with van der Waals surface area (Å²) in [5, 5.41) is 0.419. The van der Waals surface area contributed by atoms with Crippen molar-refractivity contribution in [3.63, 3.8) is 0 Å². The molecule has 0 aliphatic heterocycles. The summed E-state index contributed by atoms with van der Waals surface area (Å²) >= 11 is 9.36. The fourth-order valence-corrected chi connectivity index (χ4v) is 2.57. The Hall–Kier alpha value is -0.970. The molecule has 1 heterocycles. The minimum absolute atomic E-state index is 0.0842. The van der Waals surface area contributed by atoms with E-state index in [0.717, 1.165) is 15.6 Å². The van der Waals surface area contributed by atoms with E-state index in [0.29, 0.717) is 17.9 Å². The Morgan fingerprint density at radius 2 is 2.05 bits per heavy atom. The van der Waals surface area contributed by atoms with Crippen LogP contribution in [0.5, 0.6) is 0 Å². The van der Waals surface area contributed by atoms with Gasteiger partial charge in [-0.2, -0.15) is 0 Å². The molecule has 0 fully saturated rings. The number of rotatable bonds is 4. The number of hydrogen-bond donors (Lipinski definition) is 1. The van der Waals surface area contributed by atoms with Gasteiger partial charge in [-0.15, -0.1) is 0 Å². The highest BCUT2D eigenvalue weighted by Crippen LogP contribution is 2.19. The van der Waals surface area contributed by atoms with E-state index in [-0.39, 0.29) is 11.9 Å². The lowest BCUT2D eigenvalue weighted by Gasteiger charge is -2.13. The first kappa shape index (κ1) is 14.4. The Kier molecular flexibility index (Phi) is 4.91. The van der Waals surface area contributed by atoms with E-state index in [1.807, 2.05) is 6.07 Å². The van der Waals surface area contributed by atoms with Crippen molar-refractivity contribution in [2.24, 2.45) is 5.73 Å². The van der Waals surface area contributed by atoms with Crippen molar-refractivity contribution in [2.45, 2.75) is 18.9 Å². The van der Waals surface area contributed by atoms with Gasteiger partial charge in [0.05, 0.1) is 0 Å². The van der Waals surface area contributed by atoms with Gasteiger partial charge in [0.2, 0.25) is 0 Å². The molecule has 0 bridgehead atoms. The van der Waals surface area contributed by atoms with Crippen LogP contribution in [0.2, 0.25) is 5.02 Å². The summed E-state index contributed by atoms with van der Waals surface area (Å²) in [5.74, 6) is -0.335. The zero-order valence-electron chi connectivity index (χ0n) is 10.1. The van der Waals surface area contributed by atoms with Gasteiger partial charge < -0.3 is 5.73 Å². The molecule has 1 aromatic carbocycles. The standard InChI is InChI=1S/C14H13BrClFN2/c15-11-3-9(7-19-8-11)4-13(18)5-10-1-2-12(17)6-14(10)16/h1-3,6-8,13H,4-5,18H2. The maximum absolute atomic E-state index is 12.9. The maximum atomic E-state index is 12.9. The van der Waals surface area contributed by atoms with Crippen molar-refractivity contribution in [3.05, 3.63) is 63.1 Å². The highest BCUT2D eigenvalue weighted by atomic mass is 79.9. The quantitative estimate of drug-likeness (QED) is 0.918. The number of aromatic nitrogens is 1. The lowest BCUT2D eigenvalue weighted by atomic mass is 10.0. The van der Waals surface area contributed by atoms with Crippen molar-refractivity contribution in [1.29, 1.82) is 0 Å². The Labute approximate surface area is 124 Å². The Morgan fingerprint density at radius 1 is 1.26 bits per heavy atom. The summed E-state index contributed by atoms with van der Waals surface area (Å²) in [7, 11) is 0. The molecule has 0 spiro atoms. The summed E-state index contributed by atoms with van der Waals surface area (Å²) in [4.78, 5) is 4.10. The SMILES string of the molecule is NC(Cc1cncc(Br)c1)Cc1ccc(F)cc1Cl. The minimum Gasteiger partial charge on any atom is -0.327 e. The topological polar surface area (TPSA) is 38.9 Å².